The average Bonchev–Trinajstić information content (AvgIpc) is 2.64. The zero-order valence-corrected chi connectivity index (χ0v) is 10.7. The lowest BCUT2D eigenvalue weighted by molar-refractivity contribution is -0.111. The monoisotopic (exact) mass is 228 g/mol. The van der Waals surface area contributed by atoms with Crippen molar-refractivity contribution in [3.63, 3.8) is 0 Å². The van der Waals surface area contributed by atoms with E-state index in [9.17, 15) is 5.11 Å². The Kier molecular flexibility index (Phi) is 4.32. The largest absolute Gasteiger partial charge is 0.385 e. The Morgan fingerprint density at radius 1 is 1.47 bits per heavy atom. The van der Waals surface area contributed by atoms with E-state index in [2.05, 4.69) is 0 Å². The second-order valence-electron chi connectivity index (χ2n) is 3.95. The lowest BCUT2D eigenvalue weighted by Crippen LogP contribution is -2.35. The summed E-state index contributed by atoms with van der Waals surface area (Å²) in [6, 6.07) is 4.02. The molecular weight excluding hydrogens is 208 g/mol. The molecule has 1 heterocycles. The van der Waals surface area contributed by atoms with Crippen LogP contribution in [0, 0.1) is 6.92 Å². The van der Waals surface area contributed by atoms with Gasteiger partial charge in [0, 0.05) is 16.4 Å². The summed E-state index contributed by atoms with van der Waals surface area (Å²) in [6.07, 6.45) is 0.278. The van der Waals surface area contributed by atoms with Crippen LogP contribution in [0.25, 0.3) is 0 Å². The van der Waals surface area contributed by atoms with Crippen LogP contribution in [0.3, 0.4) is 0 Å². The Morgan fingerprint density at radius 3 is 2.53 bits per heavy atom. The maximum absolute atomic E-state index is 10.3. The van der Waals surface area contributed by atoms with Crippen molar-refractivity contribution in [3.05, 3.63) is 21.9 Å². The van der Waals surface area contributed by atoms with Crippen molar-refractivity contribution in [2.24, 2.45) is 0 Å². The molecule has 0 bridgehead atoms. The van der Waals surface area contributed by atoms with Gasteiger partial charge in [0.2, 0.25) is 0 Å². The van der Waals surface area contributed by atoms with Gasteiger partial charge in [0.25, 0.3) is 0 Å². The smallest absolute Gasteiger partial charge is 0.117 e. The van der Waals surface area contributed by atoms with E-state index in [-0.39, 0.29) is 0 Å². The quantitative estimate of drug-likeness (QED) is 0.838. The first kappa shape index (κ1) is 12.7. The first-order valence-electron chi connectivity index (χ1n) is 5.42. The normalized spacial score (nSPS) is 17.4. The zero-order chi connectivity index (χ0) is 11.5. The summed E-state index contributed by atoms with van der Waals surface area (Å²) in [6.45, 7) is 8.65. The molecule has 0 aromatic carbocycles. The Morgan fingerprint density at radius 2 is 2.13 bits per heavy atom. The summed E-state index contributed by atoms with van der Waals surface area (Å²) >= 11 is 1.63. The number of aryl methyl sites for hydroxylation is 1. The van der Waals surface area contributed by atoms with Gasteiger partial charge in [-0.15, -0.1) is 11.3 Å². The van der Waals surface area contributed by atoms with E-state index in [1.165, 1.54) is 4.88 Å². The summed E-state index contributed by atoms with van der Waals surface area (Å²) in [4.78, 5) is 2.21. The predicted octanol–water partition coefficient (Wildman–Crippen LogP) is 3.30. The zero-order valence-electron chi connectivity index (χ0n) is 9.91. The van der Waals surface area contributed by atoms with Crippen LogP contribution in [-0.4, -0.2) is 17.3 Å². The minimum atomic E-state index is -0.527. The van der Waals surface area contributed by atoms with Crippen molar-refractivity contribution in [3.8, 4) is 0 Å². The Hall–Kier alpha value is -0.380. The summed E-state index contributed by atoms with van der Waals surface area (Å²) < 4.78 is 5.66. The van der Waals surface area contributed by atoms with Gasteiger partial charge >= 0.3 is 0 Å². The summed E-state index contributed by atoms with van der Waals surface area (Å²) in [5.74, 6) is 0. The van der Waals surface area contributed by atoms with Crippen LogP contribution >= 0.6 is 11.3 Å². The van der Waals surface area contributed by atoms with E-state index < -0.39 is 11.7 Å². The van der Waals surface area contributed by atoms with Gasteiger partial charge in [-0.05, 0) is 39.3 Å². The fourth-order valence-electron chi connectivity index (χ4n) is 1.61. The molecule has 1 rings (SSSR count). The molecule has 0 aliphatic heterocycles. The Balaban J connectivity index is 2.85. The molecule has 0 radical (unpaired) electrons. The van der Waals surface area contributed by atoms with E-state index in [0.29, 0.717) is 6.61 Å². The van der Waals surface area contributed by atoms with Crippen LogP contribution in [0.5, 0.6) is 0 Å². The molecule has 2 atom stereocenters. The third-order valence-electron chi connectivity index (χ3n) is 2.79. The van der Waals surface area contributed by atoms with Crippen molar-refractivity contribution in [1.82, 2.24) is 0 Å². The van der Waals surface area contributed by atoms with Crippen molar-refractivity contribution in [2.45, 2.75) is 45.8 Å². The summed E-state index contributed by atoms with van der Waals surface area (Å²) in [5, 5.41) is 10.3. The molecule has 0 aliphatic carbocycles. The summed E-state index contributed by atoms with van der Waals surface area (Å²) in [7, 11) is 0. The lowest BCUT2D eigenvalue weighted by Gasteiger charge is -2.32. The molecule has 0 spiro atoms. The topological polar surface area (TPSA) is 29.5 Å². The SMILES string of the molecule is CCOC(C)(CC)C(O)c1ccc(C)s1. The molecule has 2 unspecified atom stereocenters. The molecule has 0 saturated carbocycles. The van der Waals surface area contributed by atoms with Gasteiger partial charge in [0.1, 0.15) is 6.10 Å². The highest BCUT2D eigenvalue weighted by atomic mass is 32.1. The highest BCUT2D eigenvalue weighted by Gasteiger charge is 2.33. The van der Waals surface area contributed by atoms with Crippen LogP contribution < -0.4 is 0 Å². The molecule has 3 heteroatoms. The van der Waals surface area contributed by atoms with E-state index in [1.54, 1.807) is 11.3 Å². The third kappa shape index (κ3) is 2.80. The van der Waals surface area contributed by atoms with Gasteiger partial charge in [0.15, 0.2) is 0 Å². The number of aliphatic hydroxyl groups excluding tert-OH is 1. The van der Waals surface area contributed by atoms with Gasteiger partial charge in [-0.1, -0.05) is 6.92 Å². The number of hydrogen-bond donors (Lipinski definition) is 1. The maximum atomic E-state index is 10.3. The number of rotatable bonds is 5. The molecule has 0 fully saturated rings. The van der Waals surface area contributed by atoms with Crippen LogP contribution in [-0.2, 0) is 4.74 Å². The molecular formula is C12H20O2S. The first-order chi connectivity index (χ1) is 7.03. The molecule has 86 valence electrons. The predicted molar refractivity (Wildman–Crippen MR) is 64.3 cm³/mol. The Bertz CT molecular complexity index is 308. The summed E-state index contributed by atoms with van der Waals surface area (Å²) in [5.41, 5.74) is -0.466. The van der Waals surface area contributed by atoms with E-state index in [1.807, 2.05) is 39.8 Å². The van der Waals surface area contributed by atoms with Crippen LogP contribution in [0.1, 0.15) is 43.1 Å². The van der Waals surface area contributed by atoms with Crippen molar-refractivity contribution in [1.29, 1.82) is 0 Å². The van der Waals surface area contributed by atoms with E-state index >= 15 is 0 Å². The fraction of sp³-hybridized carbons (Fsp3) is 0.667. The second kappa shape index (κ2) is 5.10. The molecule has 2 nitrogen and oxygen atoms in total. The second-order valence-corrected chi connectivity index (χ2v) is 5.27. The first-order valence-corrected chi connectivity index (χ1v) is 6.23. The third-order valence-corrected chi connectivity index (χ3v) is 3.84. The molecule has 0 aliphatic rings. The molecule has 1 aromatic rings. The van der Waals surface area contributed by atoms with E-state index in [0.717, 1.165) is 11.3 Å². The van der Waals surface area contributed by atoms with Crippen molar-refractivity contribution >= 4 is 11.3 Å². The fourth-order valence-corrected chi connectivity index (χ4v) is 2.61. The molecule has 1 aromatic heterocycles. The molecule has 1 N–H and O–H groups in total. The van der Waals surface area contributed by atoms with Gasteiger partial charge in [-0.2, -0.15) is 0 Å². The minimum absolute atomic E-state index is 0.466. The molecule has 0 amide bonds. The van der Waals surface area contributed by atoms with Gasteiger partial charge in [-0.25, -0.2) is 0 Å². The van der Waals surface area contributed by atoms with Crippen LogP contribution in [0.15, 0.2) is 12.1 Å². The number of thiophene rings is 1. The number of hydrogen-bond acceptors (Lipinski definition) is 3. The van der Waals surface area contributed by atoms with Gasteiger partial charge in [-0.3, -0.25) is 0 Å². The van der Waals surface area contributed by atoms with Crippen molar-refractivity contribution in [2.75, 3.05) is 6.61 Å². The number of ether oxygens (including phenoxy) is 1. The standard InChI is InChI=1S/C12H20O2S/c1-5-12(4,14-6-2)11(13)10-8-7-9(3)15-10/h7-8,11,13H,5-6H2,1-4H3. The highest BCUT2D eigenvalue weighted by Crippen LogP contribution is 2.35. The lowest BCUT2D eigenvalue weighted by atomic mass is 9.94. The molecule has 0 saturated heterocycles. The number of aliphatic hydroxyl groups is 1. The van der Waals surface area contributed by atoms with Gasteiger partial charge in [0.05, 0.1) is 5.60 Å². The van der Waals surface area contributed by atoms with Crippen molar-refractivity contribution < 1.29 is 9.84 Å². The minimum Gasteiger partial charge on any atom is -0.385 e. The average molecular weight is 228 g/mol. The Labute approximate surface area is 95.9 Å². The van der Waals surface area contributed by atoms with Crippen LogP contribution in [0.2, 0.25) is 0 Å². The van der Waals surface area contributed by atoms with Gasteiger partial charge < -0.3 is 9.84 Å². The van der Waals surface area contributed by atoms with Crippen LogP contribution in [0.4, 0.5) is 0 Å². The van der Waals surface area contributed by atoms with E-state index in [4.69, 9.17) is 4.74 Å². The maximum Gasteiger partial charge on any atom is 0.117 e. The highest BCUT2D eigenvalue weighted by molar-refractivity contribution is 7.12. The molecule has 15 heavy (non-hydrogen) atoms.